The van der Waals surface area contributed by atoms with Crippen molar-refractivity contribution in [3.63, 3.8) is 0 Å². The molecule has 0 saturated carbocycles. The Balaban J connectivity index is 1.74. The van der Waals surface area contributed by atoms with Crippen molar-refractivity contribution in [1.82, 2.24) is 9.88 Å². The van der Waals surface area contributed by atoms with Crippen LogP contribution in [-0.4, -0.2) is 28.7 Å². The highest BCUT2D eigenvalue weighted by Crippen LogP contribution is 2.39. The number of nitrogens with one attached hydrogen (secondary N) is 1. The quantitative estimate of drug-likeness (QED) is 0.734. The van der Waals surface area contributed by atoms with E-state index in [0.29, 0.717) is 6.61 Å². The third kappa shape index (κ3) is 2.65. The molecule has 1 fully saturated rings. The number of H-pyrrole nitrogens is 1. The van der Waals surface area contributed by atoms with E-state index < -0.39 is 5.92 Å². The van der Waals surface area contributed by atoms with E-state index in [1.807, 2.05) is 55.6 Å². The van der Waals surface area contributed by atoms with Crippen LogP contribution in [0.1, 0.15) is 29.0 Å². The molecule has 1 unspecified atom stereocenters. The number of likely N-dealkylation sites (N-methyl/N-ethyl adjacent to an activating group) is 1. The zero-order chi connectivity index (χ0) is 18.3. The fraction of sp³-hybridized carbons (Fsp3) is 0.238. The van der Waals surface area contributed by atoms with Crippen LogP contribution in [0.3, 0.4) is 0 Å². The number of nitrogens with zero attached hydrogens (tertiary/aromatic N) is 1. The molecule has 132 valence electrons. The molecule has 1 aliphatic rings. The third-order valence-electron chi connectivity index (χ3n) is 5.03. The molecule has 1 aliphatic heterocycles. The summed E-state index contributed by atoms with van der Waals surface area (Å²) in [5.41, 5.74) is 3.92. The van der Waals surface area contributed by atoms with Crippen LogP contribution in [0, 0.1) is 6.92 Å². The third-order valence-corrected chi connectivity index (χ3v) is 5.03. The number of aromatic nitrogens is 1. The van der Waals surface area contributed by atoms with E-state index in [1.54, 1.807) is 0 Å². The van der Waals surface area contributed by atoms with E-state index in [2.05, 4.69) is 4.98 Å². The molecular formula is C21H20N2O3. The Kier molecular flexibility index (Phi) is 3.99. The van der Waals surface area contributed by atoms with Gasteiger partial charge in [0.05, 0.1) is 11.4 Å². The van der Waals surface area contributed by atoms with Crippen LogP contribution in [0.25, 0.3) is 10.9 Å². The molecule has 5 nitrogen and oxygen atoms in total. The molecule has 0 bridgehead atoms. The zero-order valence-corrected chi connectivity index (χ0v) is 14.8. The molecule has 26 heavy (non-hydrogen) atoms. The molecule has 1 aromatic heterocycles. The molecule has 5 heteroatoms. The average molecular weight is 348 g/mol. The van der Waals surface area contributed by atoms with Gasteiger partial charge in [-0.1, -0.05) is 36.4 Å². The first-order valence-electron chi connectivity index (χ1n) is 8.64. The Morgan fingerprint density at radius 1 is 1.15 bits per heavy atom. The Hall–Kier alpha value is -3.08. The first-order valence-corrected chi connectivity index (χ1v) is 8.64. The number of aromatic amines is 1. The highest BCUT2D eigenvalue weighted by atomic mass is 16.5. The standard InChI is InChI=1S/C21H20N2O3/c1-13-8-9-17(26-12-14-6-4-3-5-7-14)19-16(11-22-20(13)19)15-10-18(24)23(2)21(15)25/h3-9,11,15,22H,10,12H2,1-2H3. The lowest BCUT2D eigenvalue weighted by Crippen LogP contribution is -2.25. The van der Waals surface area contributed by atoms with E-state index in [-0.39, 0.29) is 18.2 Å². The van der Waals surface area contributed by atoms with E-state index in [0.717, 1.165) is 33.3 Å². The number of rotatable bonds is 4. The lowest BCUT2D eigenvalue weighted by molar-refractivity contribution is -0.137. The molecule has 0 aliphatic carbocycles. The normalized spacial score (nSPS) is 17.3. The summed E-state index contributed by atoms with van der Waals surface area (Å²) >= 11 is 0. The minimum Gasteiger partial charge on any atom is -0.488 e. The molecule has 2 aromatic carbocycles. The predicted molar refractivity (Wildman–Crippen MR) is 98.9 cm³/mol. The van der Waals surface area contributed by atoms with E-state index in [4.69, 9.17) is 4.74 Å². The van der Waals surface area contributed by atoms with Gasteiger partial charge in [0.15, 0.2) is 0 Å². The molecule has 0 spiro atoms. The zero-order valence-electron chi connectivity index (χ0n) is 14.8. The Labute approximate surface area is 151 Å². The van der Waals surface area contributed by atoms with Gasteiger partial charge in [0, 0.05) is 25.1 Å². The van der Waals surface area contributed by atoms with Crippen LogP contribution in [0.2, 0.25) is 0 Å². The van der Waals surface area contributed by atoms with Crippen LogP contribution >= 0.6 is 0 Å². The average Bonchev–Trinajstić information content (AvgIpc) is 3.20. The van der Waals surface area contributed by atoms with Gasteiger partial charge in [0.2, 0.25) is 11.8 Å². The summed E-state index contributed by atoms with van der Waals surface area (Å²) in [6.45, 7) is 2.46. The van der Waals surface area contributed by atoms with Crippen molar-refractivity contribution >= 4 is 22.7 Å². The minimum atomic E-state index is -0.456. The van der Waals surface area contributed by atoms with Crippen LogP contribution in [0.15, 0.2) is 48.7 Å². The van der Waals surface area contributed by atoms with Crippen molar-refractivity contribution < 1.29 is 14.3 Å². The van der Waals surface area contributed by atoms with Gasteiger partial charge < -0.3 is 9.72 Å². The predicted octanol–water partition coefficient (Wildman–Crippen LogP) is 3.53. The first kappa shape index (κ1) is 16.4. The van der Waals surface area contributed by atoms with Gasteiger partial charge in [-0.05, 0) is 29.7 Å². The molecule has 1 atom stereocenters. The Morgan fingerprint density at radius 2 is 1.92 bits per heavy atom. The number of hydrogen-bond acceptors (Lipinski definition) is 3. The Bertz CT molecular complexity index is 991. The summed E-state index contributed by atoms with van der Waals surface area (Å²) in [6.07, 6.45) is 2.04. The van der Waals surface area contributed by atoms with Crippen molar-refractivity contribution in [2.45, 2.75) is 25.9 Å². The lowest BCUT2D eigenvalue weighted by atomic mass is 9.95. The first-order chi connectivity index (χ1) is 12.6. The molecule has 3 aromatic rings. The number of benzene rings is 2. The monoisotopic (exact) mass is 348 g/mol. The summed E-state index contributed by atoms with van der Waals surface area (Å²) in [6, 6.07) is 13.9. The number of aryl methyl sites for hydroxylation is 1. The maximum atomic E-state index is 12.5. The SMILES string of the molecule is Cc1ccc(OCc2ccccc2)c2c(C3CC(=O)N(C)C3=O)c[nH]c12. The number of fused-ring (bicyclic) bond motifs is 1. The molecule has 4 rings (SSSR count). The van der Waals surface area contributed by atoms with E-state index >= 15 is 0 Å². The number of carbonyl (C=O) groups excluding carboxylic acids is 2. The van der Waals surface area contributed by atoms with Gasteiger partial charge in [-0.3, -0.25) is 14.5 Å². The molecule has 2 amide bonds. The molecular weight excluding hydrogens is 328 g/mol. The second kappa shape index (κ2) is 6.33. The highest BCUT2D eigenvalue weighted by molar-refractivity contribution is 6.08. The second-order valence-electron chi connectivity index (χ2n) is 6.70. The number of amides is 2. The van der Waals surface area contributed by atoms with Crippen LogP contribution in [0.5, 0.6) is 5.75 Å². The number of hydrogen-bond donors (Lipinski definition) is 1. The molecule has 1 saturated heterocycles. The number of likely N-dealkylation sites (tertiary alicyclic amines) is 1. The minimum absolute atomic E-state index is 0.145. The maximum absolute atomic E-state index is 12.5. The summed E-state index contributed by atoms with van der Waals surface area (Å²) in [5.74, 6) is -0.0391. The maximum Gasteiger partial charge on any atom is 0.237 e. The Morgan fingerprint density at radius 3 is 2.62 bits per heavy atom. The largest absolute Gasteiger partial charge is 0.488 e. The number of carbonyl (C=O) groups is 2. The van der Waals surface area contributed by atoms with Gasteiger partial charge >= 0.3 is 0 Å². The van der Waals surface area contributed by atoms with Gasteiger partial charge in [-0.15, -0.1) is 0 Å². The lowest BCUT2D eigenvalue weighted by Gasteiger charge is -2.13. The van der Waals surface area contributed by atoms with Gasteiger partial charge in [0.1, 0.15) is 12.4 Å². The number of imide groups is 1. The van der Waals surface area contributed by atoms with E-state index in [1.165, 1.54) is 11.9 Å². The van der Waals surface area contributed by atoms with Gasteiger partial charge in [0.25, 0.3) is 0 Å². The van der Waals surface area contributed by atoms with Crippen molar-refractivity contribution in [3.8, 4) is 5.75 Å². The van der Waals surface area contributed by atoms with Crippen LogP contribution in [0.4, 0.5) is 0 Å². The molecule has 2 heterocycles. The summed E-state index contributed by atoms with van der Waals surface area (Å²) < 4.78 is 6.08. The molecule has 1 N–H and O–H groups in total. The highest BCUT2D eigenvalue weighted by Gasteiger charge is 2.38. The van der Waals surface area contributed by atoms with Crippen LogP contribution in [-0.2, 0) is 16.2 Å². The van der Waals surface area contributed by atoms with Crippen LogP contribution < -0.4 is 4.74 Å². The van der Waals surface area contributed by atoms with Crippen molar-refractivity contribution in [1.29, 1.82) is 0 Å². The number of ether oxygens (including phenoxy) is 1. The van der Waals surface area contributed by atoms with Gasteiger partial charge in [-0.2, -0.15) is 0 Å². The smallest absolute Gasteiger partial charge is 0.237 e. The summed E-state index contributed by atoms with van der Waals surface area (Å²) in [5, 5.41) is 0.891. The fourth-order valence-corrected chi connectivity index (χ4v) is 3.51. The summed E-state index contributed by atoms with van der Waals surface area (Å²) in [7, 11) is 1.54. The van der Waals surface area contributed by atoms with Crippen molar-refractivity contribution in [2.75, 3.05) is 7.05 Å². The topological polar surface area (TPSA) is 62.4 Å². The van der Waals surface area contributed by atoms with Gasteiger partial charge in [-0.25, -0.2) is 0 Å². The molecule has 0 radical (unpaired) electrons. The van der Waals surface area contributed by atoms with Crippen molar-refractivity contribution in [3.05, 3.63) is 65.4 Å². The van der Waals surface area contributed by atoms with E-state index in [9.17, 15) is 9.59 Å². The van der Waals surface area contributed by atoms with Crippen molar-refractivity contribution in [2.24, 2.45) is 0 Å². The second-order valence-corrected chi connectivity index (χ2v) is 6.70. The summed E-state index contributed by atoms with van der Waals surface area (Å²) in [4.78, 5) is 28.9. The fourth-order valence-electron chi connectivity index (χ4n) is 3.51.